The Bertz CT molecular complexity index is 785. The van der Waals surface area contributed by atoms with Gasteiger partial charge in [-0.15, -0.1) is 0 Å². The molecule has 1 aliphatic carbocycles. The van der Waals surface area contributed by atoms with Crippen molar-refractivity contribution < 1.29 is 9.59 Å². The van der Waals surface area contributed by atoms with Gasteiger partial charge in [0.15, 0.2) is 0 Å². The number of nitrogens with one attached hydrogen (secondary N) is 2. The van der Waals surface area contributed by atoms with E-state index in [1.54, 1.807) is 0 Å². The number of nitrogens with zero attached hydrogens (tertiary/aromatic N) is 1. The molecule has 0 bridgehead atoms. The Balaban J connectivity index is 1.51. The summed E-state index contributed by atoms with van der Waals surface area (Å²) in [6.45, 7) is 0.780. The van der Waals surface area contributed by atoms with E-state index in [4.69, 9.17) is 0 Å². The van der Waals surface area contributed by atoms with Gasteiger partial charge in [0, 0.05) is 30.4 Å². The van der Waals surface area contributed by atoms with Gasteiger partial charge in [0.1, 0.15) is 6.04 Å². The molecule has 4 rings (SSSR count). The molecule has 2 amide bonds. The van der Waals surface area contributed by atoms with Crippen LogP contribution < -0.4 is 15.5 Å². The van der Waals surface area contributed by atoms with Crippen LogP contribution in [0.3, 0.4) is 0 Å². The lowest BCUT2D eigenvalue weighted by Gasteiger charge is -2.21. The topological polar surface area (TPSA) is 61.4 Å². The molecule has 0 aromatic heterocycles. The molecule has 1 saturated heterocycles. The van der Waals surface area contributed by atoms with Crippen molar-refractivity contribution in [3.63, 3.8) is 0 Å². The first kappa shape index (κ1) is 16.6. The van der Waals surface area contributed by atoms with Crippen molar-refractivity contribution in [3.8, 4) is 0 Å². The largest absolute Gasteiger partial charge is 0.370 e. The summed E-state index contributed by atoms with van der Waals surface area (Å²) in [5.41, 5.74) is 2.71. The molecular weight excluding hydrogens is 326 g/mol. The van der Waals surface area contributed by atoms with E-state index in [-0.39, 0.29) is 11.8 Å². The van der Waals surface area contributed by atoms with E-state index < -0.39 is 6.04 Å². The Labute approximate surface area is 153 Å². The van der Waals surface area contributed by atoms with Gasteiger partial charge in [0.05, 0.1) is 0 Å². The van der Waals surface area contributed by atoms with Crippen LogP contribution in [0.1, 0.15) is 37.3 Å². The summed E-state index contributed by atoms with van der Waals surface area (Å²) >= 11 is 0. The predicted molar refractivity (Wildman–Crippen MR) is 102 cm³/mol. The van der Waals surface area contributed by atoms with Crippen LogP contribution in [-0.4, -0.2) is 24.4 Å². The van der Waals surface area contributed by atoms with Gasteiger partial charge in [-0.3, -0.25) is 9.59 Å². The molecule has 1 unspecified atom stereocenters. The highest BCUT2D eigenvalue weighted by Gasteiger charge is 2.28. The Morgan fingerprint density at radius 1 is 1.04 bits per heavy atom. The predicted octanol–water partition coefficient (Wildman–Crippen LogP) is 3.25. The molecule has 0 spiro atoms. The average molecular weight is 349 g/mol. The maximum atomic E-state index is 12.7. The molecule has 2 aromatic rings. The highest BCUT2D eigenvalue weighted by molar-refractivity contribution is 5.95. The van der Waals surface area contributed by atoms with Crippen LogP contribution in [0.5, 0.6) is 0 Å². The molecule has 5 nitrogen and oxygen atoms in total. The van der Waals surface area contributed by atoms with Crippen LogP contribution in [0.15, 0.2) is 54.6 Å². The Morgan fingerprint density at radius 3 is 2.38 bits per heavy atom. The van der Waals surface area contributed by atoms with Gasteiger partial charge < -0.3 is 15.5 Å². The summed E-state index contributed by atoms with van der Waals surface area (Å²) in [6.07, 6.45) is 3.66. The zero-order valence-corrected chi connectivity index (χ0v) is 14.7. The van der Waals surface area contributed by atoms with Gasteiger partial charge in [-0.1, -0.05) is 30.3 Å². The third-order valence-electron chi connectivity index (χ3n) is 4.88. The minimum Gasteiger partial charge on any atom is -0.370 e. The molecule has 1 atom stereocenters. The fourth-order valence-electron chi connectivity index (χ4n) is 3.28. The number of anilines is 2. The number of rotatable bonds is 6. The highest BCUT2D eigenvalue weighted by Crippen LogP contribution is 2.26. The number of hydrogen-bond donors (Lipinski definition) is 2. The second-order valence-electron chi connectivity index (χ2n) is 6.97. The van der Waals surface area contributed by atoms with E-state index in [0.29, 0.717) is 12.5 Å². The van der Waals surface area contributed by atoms with E-state index in [2.05, 4.69) is 10.6 Å². The standard InChI is InChI=1S/C21H23N3O2/c25-19-7-4-14-24(19)18-12-10-16(11-13-18)22-20(15-5-2-1-3-6-15)21(26)23-17-8-9-17/h1-3,5-6,10-13,17,20,22H,4,7-9,14H2,(H,23,26). The monoisotopic (exact) mass is 349 g/mol. The number of amides is 2. The minimum atomic E-state index is -0.434. The van der Waals surface area contributed by atoms with Crippen LogP contribution >= 0.6 is 0 Å². The molecule has 5 heteroatoms. The van der Waals surface area contributed by atoms with Gasteiger partial charge >= 0.3 is 0 Å². The fraction of sp³-hybridized carbons (Fsp3) is 0.333. The molecule has 1 saturated carbocycles. The summed E-state index contributed by atoms with van der Waals surface area (Å²) in [5.74, 6) is 0.175. The number of hydrogen-bond acceptors (Lipinski definition) is 3. The lowest BCUT2D eigenvalue weighted by Crippen LogP contribution is -2.34. The van der Waals surface area contributed by atoms with Crippen LogP contribution in [0.2, 0.25) is 0 Å². The molecule has 2 N–H and O–H groups in total. The number of carbonyl (C=O) groups is 2. The van der Waals surface area contributed by atoms with Crippen LogP contribution in [0.4, 0.5) is 11.4 Å². The average Bonchev–Trinajstić information content (AvgIpc) is 3.38. The van der Waals surface area contributed by atoms with E-state index in [1.807, 2.05) is 59.5 Å². The summed E-state index contributed by atoms with van der Waals surface area (Å²) in [6, 6.07) is 17.4. The lowest BCUT2D eigenvalue weighted by molar-refractivity contribution is -0.122. The fourth-order valence-corrected chi connectivity index (χ4v) is 3.28. The van der Waals surface area contributed by atoms with Crippen molar-refractivity contribution in [1.29, 1.82) is 0 Å². The van der Waals surface area contributed by atoms with Crippen LogP contribution in [0.25, 0.3) is 0 Å². The van der Waals surface area contributed by atoms with Crippen molar-refractivity contribution in [2.75, 3.05) is 16.8 Å². The summed E-state index contributed by atoms with van der Waals surface area (Å²) in [5, 5.41) is 6.42. The first-order valence-electron chi connectivity index (χ1n) is 9.23. The lowest BCUT2D eigenvalue weighted by atomic mass is 10.1. The first-order chi connectivity index (χ1) is 12.7. The molecule has 2 aromatic carbocycles. The van der Waals surface area contributed by atoms with Gasteiger partial charge in [-0.05, 0) is 49.1 Å². The molecule has 1 aliphatic heterocycles. The maximum Gasteiger partial charge on any atom is 0.247 e. The zero-order valence-electron chi connectivity index (χ0n) is 14.7. The van der Waals surface area contributed by atoms with Gasteiger partial charge in [0.25, 0.3) is 0 Å². The van der Waals surface area contributed by atoms with Crippen LogP contribution in [-0.2, 0) is 9.59 Å². The maximum absolute atomic E-state index is 12.7. The number of benzene rings is 2. The molecule has 1 heterocycles. The van der Waals surface area contributed by atoms with Crippen molar-refractivity contribution in [2.45, 2.75) is 37.8 Å². The summed E-state index contributed by atoms with van der Waals surface area (Å²) < 4.78 is 0. The van der Waals surface area contributed by atoms with Gasteiger partial charge in [0.2, 0.25) is 11.8 Å². The van der Waals surface area contributed by atoms with Crippen molar-refractivity contribution in [2.24, 2.45) is 0 Å². The third-order valence-corrected chi connectivity index (χ3v) is 4.88. The molecule has 2 aliphatic rings. The summed E-state index contributed by atoms with van der Waals surface area (Å²) in [7, 11) is 0. The second-order valence-corrected chi connectivity index (χ2v) is 6.97. The van der Waals surface area contributed by atoms with E-state index in [0.717, 1.165) is 42.7 Å². The smallest absolute Gasteiger partial charge is 0.247 e. The van der Waals surface area contributed by atoms with Crippen molar-refractivity contribution in [3.05, 3.63) is 60.2 Å². The van der Waals surface area contributed by atoms with Crippen molar-refractivity contribution in [1.82, 2.24) is 5.32 Å². The second kappa shape index (κ2) is 7.20. The first-order valence-corrected chi connectivity index (χ1v) is 9.23. The SMILES string of the molecule is O=C(NC1CC1)C(Nc1ccc(N2CCCC2=O)cc1)c1ccccc1. The molecule has 134 valence electrons. The zero-order chi connectivity index (χ0) is 17.9. The third kappa shape index (κ3) is 3.72. The molecule has 0 radical (unpaired) electrons. The Kier molecular flexibility index (Phi) is 4.61. The highest BCUT2D eigenvalue weighted by atomic mass is 16.2. The minimum absolute atomic E-state index is 0.00232. The number of carbonyl (C=O) groups excluding carboxylic acids is 2. The van der Waals surface area contributed by atoms with Crippen LogP contribution in [0, 0.1) is 0 Å². The van der Waals surface area contributed by atoms with Gasteiger partial charge in [-0.25, -0.2) is 0 Å². The van der Waals surface area contributed by atoms with E-state index in [9.17, 15) is 9.59 Å². The van der Waals surface area contributed by atoms with E-state index >= 15 is 0 Å². The normalized spacial score (nSPS) is 17.8. The summed E-state index contributed by atoms with van der Waals surface area (Å²) in [4.78, 5) is 26.4. The molecular formula is C21H23N3O2. The Morgan fingerprint density at radius 2 is 1.77 bits per heavy atom. The molecule has 26 heavy (non-hydrogen) atoms. The van der Waals surface area contributed by atoms with Gasteiger partial charge in [-0.2, -0.15) is 0 Å². The van der Waals surface area contributed by atoms with E-state index in [1.165, 1.54) is 0 Å². The Hall–Kier alpha value is -2.82. The quantitative estimate of drug-likeness (QED) is 0.842. The molecule has 2 fully saturated rings. The van der Waals surface area contributed by atoms with Crippen molar-refractivity contribution >= 4 is 23.2 Å².